The highest BCUT2D eigenvalue weighted by molar-refractivity contribution is 7.10. The zero-order valence-corrected chi connectivity index (χ0v) is 11.2. The predicted molar refractivity (Wildman–Crippen MR) is 71.7 cm³/mol. The number of hydrogen-bond donors (Lipinski definition) is 2. The molecule has 19 heavy (non-hydrogen) atoms. The van der Waals surface area contributed by atoms with E-state index in [1.165, 1.54) is 24.3 Å². The van der Waals surface area contributed by atoms with Crippen LogP contribution in [0.4, 0.5) is 9.39 Å². The monoisotopic (exact) mass is 297 g/mol. The summed E-state index contributed by atoms with van der Waals surface area (Å²) in [6.45, 7) is 0.179. The molecular weight excluding hydrogens is 289 g/mol. The summed E-state index contributed by atoms with van der Waals surface area (Å²) in [6.07, 6.45) is -0.812. The van der Waals surface area contributed by atoms with Crippen molar-refractivity contribution in [3.63, 3.8) is 0 Å². The first kappa shape index (κ1) is 13.7. The molecule has 0 radical (unpaired) electrons. The van der Waals surface area contributed by atoms with Gasteiger partial charge in [0.25, 0.3) is 0 Å². The Kier molecular flexibility index (Phi) is 4.32. The molecule has 1 atom stereocenters. The molecule has 1 aromatic carbocycles. The number of hydrogen-bond acceptors (Lipinski definition) is 5. The summed E-state index contributed by atoms with van der Waals surface area (Å²) in [5, 5.41) is 22.4. The smallest absolute Gasteiger partial charge is 0.162 e. The van der Waals surface area contributed by atoms with Gasteiger partial charge in [-0.1, -0.05) is 23.7 Å². The number of nitrogens with one attached hydrogen (secondary N) is 1. The molecule has 2 rings (SSSR count). The lowest BCUT2D eigenvalue weighted by atomic mass is 10.1. The number of anilines is 1. The van der Waals surface area contributed by atoms with Crippen LogP contribution in [0, 0.1) is 17.1 Å². The zero-order chi connectivity index (χ0) is 13.8. The topological polar surface area (TPSA) is 68.9 Å². The van der Waals surface area contributed by atoms with Gasteiger partial charge in [0.1, 0.15) is 22.5 Å². The molecule has 0 fully saturated rings. The molecule has 0 spiro atoms. The van der Waals surface area contributed by atoms with E-state index in [4.69, 9.17) is 16.9 Å². The first-order valence-electron chi connectivity index (χ1n) is 5.34. The molecule has 0 saturated carbocycles. The summed E-state index contributed by atoms with van der Waals surface area (Å²) in [6, 6.07) is 7.51. The van der Waals surface area contributed by atoms with Gasteiger partial charge in [-0.2, -0.15) is 9.64 Å². The van der Waals surface area contributed by atoms with Crippen LogP contribution < -0.4 is 5.32 Å². The van der Waals surface area contributed by atoms with Gasteiger partial charge in [0.2, 0.25) is 0 Å². The van der Waals surface area contributed by atoms with Crippen LogP contribution in [0.3, 0.4) is 0 Å². The van der Waals surface area contributed by atoms with E-state index in [1.807, 2.05) is 6.07 Å². The molecule has 98 valence electrons. The van der Waals surface area contributed by atoms with Crippen LogP contribution in [-0.4, -0.2) is 16.0 Å². The molecule has 0 amide bonds. The van der Waals surface area contributed by atoms with Gasteiger partial charge in [0, 0.05) is 6.54 Å². The van der Waals surface area contributed by atoms with Gasteiger partial charge in [0.05, 0.1) is 6.10 Å². The Labute approximate surface area is 118 Å². The summed E-state index contributed by atoms with van der Waals surface area (Å²) >= 11 is 6.78. The van der Waals surface area contributed by atoms with E-state index in [0.29, 0.717) is 10.6 Å². The molecule has 0 saturated heterocycles. The Morgan fingerprint density at radius 3 is 2.79 bits per heavy atom. The van der Waals surface area contributed by atoms with Gasteiger partial charge in [-0.15, -0.1) is 0 Å². The number of rotatable bonds is 4. The fourth-order valence-electron chi connectivity index (χ4n) is 1.48. The SMILES string of the molecule is N#Cc1c(Cl)nsc1NCC(O)c1ccc(F)cc1. The molecule has 0 aliphatic rings. The standard InChI is InChI=1S/C12H9ClFN3OS/c13-11-9(5-15)12(19-17-11)16-6-10(18)7-1-3-8(14)4-2-7/h1-4,10,16,18H,6H2. The second-order valence-corrected chi connectivity index (χ2v) is 4.87. The van der Waals surface area contributed by atoms with E-state index in [9.17, 15) is 9.50 Å². The van der Waals surface area contributed by atoms with Crippen molar-refractivity contribution in [3.05, 3.63) is 46.4 Å². The van der Waals surface area contributed by atoms with Crippen molar-refractivity contribution < 1.29 is 9.50 Å². The van der Waals surface area contributed by atoms with Gasteiger partial charge in [-0.25, -0.2) is 4.39 Å². The lowest BCUT2D eigenvalue weighted by Crippen LogP contribution is -2.12. The lowest BCUT2D eigenvalue weighted by molar-refractivity contribution is 0.191. The highest BCUT2D eigenvalue weighted by atomic mass is 35.5. The van der Waals surface area contributed by atoms with E-state index < -0.39 is 6.10 Å². The summed E-state index contributed by atoms with van der Waals surface area (Å²) in [4.78, 5) is 0. The Hall–Kier alpha value is -1.68. The summed E-state index contributed by atoms with van der Waals surface area (Å²) in [7, 11) is 0. The third-order valence-corrected chi connectivity index (χ3v) is 3.65. The number of nitriles is 1. The van der Waals surface area contributed by atoms with Gasteiger partial charge >= 0.3 is 0 Å². The molecule has 1 aromatic heterocycles. The Morgan fingerprint density at radius 1 is 1.47 bits per heavy atom. The third kappa shape index (κ3) is 3.20. The largest absolute Gasteiger partial charge is 0.387 e. The van der Waals surface area contributed by atoms with Gasteiger partial charge in [-0.3, -0.25) is 0 Å². The minimum Gasteiger partial charge on any atom is -0.387 e. The minimum atomic E-state index is -0.812. The molecule has 4 nitrogen and oxygen atoms in total. The molecule has 1 unspecified atom stereocenters. The number of nitrogens with zero attached hydrogens (tertiary/aromatic N) is 2. The average molecular weight is 298 g/mol. The fraction of sp³-hybridized carbons (Fsp3) is 0.167. The van der Waals surface area contributed by atoms with Crippen molar-refractivity contribution in [2.45, 2.75) is 6.10 Å². The number of halogens is 2. The highest BCUT2D eigenvalue weighted by Crippen LogP contribution is 2.28. The van der Waals surface area contributed by atoms with Crippen LogP contribution in [0.15, 0.2) is 24.3 Å². The Balaban J connectivity index is 2.02. The summed E-state index contributed by atoms with van der Waals surface area (Å²) in [5.41, 5.74) is 0.848. The minimum absolute atomic E-state index is 0.145. The van der Waals surface area contributed by atoms with E-state index in [1.54, 1.807) is 0 Å². The predicted octanol–water partition coefficient (Wildman–Crippen LogP) is 2.95. The summed E-state index contributed by atoms with van der Waals surface area (Å²) in [5.74, 6) is -0.357. The molecule has 0 bridgehead atoms. The molecular formula is C12H9ClFN3OS. The van der Waals surface area contributed by atoms with E-state index in [2.05, 4.69) is 9.69 Å². The first-order valence-corrected chi connectivity index (χ1v) is 6.49. The molecule has 0 aliphatic heterocycles. The second-order valence-electron chi connectivity index (χ2n) is 3.74. The van der Waals surface area contributed by atoms with Crippen molar-refractivity contribution in [1.29, 1.82) is 5.26 Å². The van der Waals surface area contributed by atoms with Crippen LogP contribution in [0.1, 0.15) is 17.2 Å². The maximum Gasteiger partial charge on any atom is 0.162 e. The molecule has 2 N–H and O–H groups in total. The maximum absolute atomic E-state index is 12.7. The summed E-state index contributed by atoms with van der Waals surface area (Å²) < 4.78 is 16.6. The quantitative estimate of drug-likeness (QED) is 0.910. The number of aliphatic hydroxyl groups excluding tert-OH is 1. The normalized spacial score (nSPS) is 11.9. The molecule has 2 aromatic rings. The van der Waals surface area contributed by atoms with Crippen molar-refractivity contribution >= 4 is 28.1 Å². The second kappa shape index (κ2) is 5.97. The van der Waals surface area contributed by atoms with Gasteiger partial charge in [-0.05, 0) is 29.2 Å². The van der Waals surface area contributed by atoms with Gasteiger partial charge in [0.15, 0.2) is 5.15 Å². The van der Waals surface area contributed by atoms with Crippen molar-refractivity contribution in [2.24, 2.45) is 0 Å². The van der Waals surface area contributed by atoms with Crippen molar-refractivity contribution in [1.82, 2.24) is 4.37 Å². The molecule has 7 heteroatoms. The van der Waals surface area contributed by atoms with Crippen molar-refractivity contribution in [2.75, 3.05) is 11.9 Å². The Morgan fingerprint density at radius 2 is 2.16 bits per heavy atom. The number of benzene rings is 1. The first-order chi connectivity index (χ1) is 9.11. The lowest BCUT2D eigenvalue weighted by Gasteiger charge is -2.11. The average Bonchev–Trinajstić information content (AvgIpc) is 2.77. The van der Waals surface area contributed by atoms with Crippen LogP contribution in [0.5, 0.6) is 0 Å². The maximum atomic E-state index is 12.7. The van der Waals surface area contributed by atoms with Crippen molar-refractivity contribution in [3.8, 4) is 6.07 Å². The van der Waals surface area contributed by atoms with Crippen LogP contribution in [0.25, 0.3) is 0 Å². The number of aromatic nitrogens is 1. The van der Waals surface area contributed by atoms with Crippen LogP contribution in [0.2, 0.25) is 5.15 Å². The third-order valence-electron chi connectivity index (χ3n) is 2.47. The van der Waals surface area contributed by atoms with E-state index in [-0.39, 0.29) is 23.1 Å². The number of aliphatic hydroxyl groups is 1. The highest BCUT2D eigenvalue weighted by Gasteiger charge is 2.13. The molecule has 0 aliphatic carbocycles. The van der Waals surface area contributed by atoms with Crippen LogP contribution >= 0.6 is 23.1 Å². The fourth-order valence-corrected chi connectivity index (χ4v) is 2.42. The zero-order valence-electron chi connectivity index (χ0n) is 9.60. The van der Waals surface area contributed by atoms with Crippen LogP contribution in [-0.2, 0) is 0 Å². The Bertz CT molecular complexity index is 608. The molecule has 1 heterocycles. The van der Waals surface area contributed by atoms with E-state index >= 15 is 0 Å². The van der Waals surface area contributed by atoms with Gasteiger partial charge < -0.3 is 10.4 Å². The van der Waals surface area contributed by atoms with E-state index in [0.717, 1.165) is 11.5 Å².